The normalized spacial score (nSPS) is 14.0. The van der Waals surface area contributed by atoms with E-state index in [1.165, 1.54) is 26.5 Å². The molecule has 2 heterocycles. The van der Waals surface area contributed by atoms with E-state index < -0.39 is 17.8 Å². The van der Waals surface area contributed by atoms with Crippen LogP contribution in [0.4, 0.5) is 11.4 Å². The van der Waals surface area contributed by atoms with E-state index in [0.717, 1.165) is 60.7 Å². The third-order valence-electron chi connectivity index (χ3n) is 7.46. The summed E-state index contributed by atoms with van der Waals surface area (Å²) in [5, 5.41) is 12.8. The van der Waals surface area contributed by atoms with Gasteiger partial charge in [-0.25, -0.2) is 10.1 Å². The number of para-hydroxylation sites is 2. The van der Waals surface area contributed by atoms with Crippen LogP contribution in [0, 0.1) is 0 Å². The second kappa shape index (κ2) is 17.6. The van der Waals surface area contributed by atoms with Crippen molar-refractivity contribution in [2.45, 2.75) is 51.5 Å². The first-order valence-corrected chi connectivity index (χ1v) is 18.1. The van der Waals surface area contributed by atoms with Crippen LogP contribution in [0.1, 0.15) is 61.6 Å². The summed E-state index contributed by atoms with van der Waals surface area (Å²) in [4.78, 5) is 43.0. The van der Waals surface area contributed by atoms with Crippen LogP contribution >= 0.6 is 35.6 Å². The van der Waals surface area contributed by atoms with Crippen molar-refractivity contribution in [1.29, 1.82) is 0 Å². The summed E-state index contributed by atoms with van der Waals surface area (Å²) < 4.78 is 5.78. The lowest BCUT2D eigenvalue weighted by Gasteiger charge is -2.35. The van der Waals surface area contributed by atoms with Gasteiger partial charge in [-0.15, -0.1) is 32.9 Å². The minimum atomic E-state index is -0.557. The number of anilines is 2. The number of hydroxylamine groups is 2. The van der Waals surface area contributed by atoms with Gasteiger partial charge in [-0.3, -0.25) is 9.59 Å². The van der Waals surface area contributed by atoms with Crippen molar-refractivity contribution in [3.63, 3.8) is 0 Å². The van der Waals surface area contributed by atoms with Gasteiger partial charge in [-0.1, -0.05) is 78.2 Å². The van der Waals surface area contributed by atoms with Gasteiger partial charge in [0.1, 0.15) is 0 Å². The molecule has 2 amide bonds. The molecule has 46 heavy (non-hydrogen) atoms. The summed E-state index contributed by atoms with van der Waals surface area (Å²) in [5.41, 5.74) is 7.15. The zero-order valence-electron chi connectivity index (χ0n) is 25.3. The van der Waals surface area contributed by atoms with E-state index in [1.54, 1.807) is 0 Å². The average Bonchev–Trinajstić information content (AvgIpc) is 3.39. The first-order valence-electron chi connectivity index (χ1n) is 15.2. The molecule has 0 saturated carbocycles. The molecule has 1 fully saturated rings. The number of nitrogens with zero attached hydrogens (tertiary/aromatic N) is 2. The standard InChI is InChI=1S/C34H36N2O7S3/c37-30-19-20-31(38)36(30)41-32(39)18-5-2-10-21-44-34(45-22-11-23-46-43-42-40)33-26-14-6-8-16-28(26)35(24-25-12-3-1-4-13-25)29-17-9-7-15-27(29)33/h1,3-4,6-9,12-17,40H,2,5,10-11,18-24H2. The number of benzene rings is 3. The maximum Gasteiger partial charge on any atom is 0.333 e. The van der Waals surface area contributed by atoms with Gasteiger partial charge in [0.2, 0.25) is 0 Å². The number of carbonyl (C=O) groups is 3. The molecule has 0 atom stereocenters. The highest BCUT2D eigenvalue weighted by molar-refractivity contribution is 8.22. The van der Waals surface area contributed by atoms with Crippen LogP contribution in [0.3, 0.4) is 0 Å². The second-order valence-electron chi connectivity index (χ2n) is 10.6. The van der Waals surface area contributed by atoms with Crippen LogP contribution in [0.25, 0.3) is 5.57 Å². The van der Waals surface area contributed by atoms with Crippen molar-refractivity contribution in [3.8, 4) is 0 Å². The molecule has 12 heteroatoms. The van der Waals surface area contributed by atoms with Gasteiger partial charge in [0.25, 0.3) is 11.8 Å². The lowest BCUT2D eigenvalue weighted by molar-refractivity contribution is -0.432. The molecule has 1 saturated heterocycles. The van der Waals surface area contributed by atoms with E-state index in [-0.39, 0.29) is 19.3 Å². The monoisotopic (exact) mass is 680 g/mol. The molecule has 3 aromatic rings. The van der Waals surface area contributed by atoms with E-state index >= 15 is 0 Å². The molecule has 2 aliphatic rings. The van der Waals surface area contributed by atoms with Crippen LogP contribution in [0.5, 0.6) is 0 Å². The molecule has 0 radical (unpaired) electrons. The van der Waals surface area contributed by atoms with Gasteiger partial charge in [-0.05, 0) is 48.5 Å². The van der Waals surface area contributed by atoms with Gasteiger partial charge in [-0.2, -0.15) is 0 Å². The molecular formula is C34H36N2O7S3. The fourth-order valence-electron chi connectivity index (χ4n) is 5.31. The molecule has 2 aliphatic heterocycles. The number of amides is 2. The number of hydrogen-bond donors (Lipinski definition) is 1. The Morgan fingerprint density at radius 3 is 2.00 bits per heavy atom. The SMILES string of the molecule is O=C(CCCCCSC(SCCCSOOO)=C1c2ccccc2N(Cc2ccccc2)c2ccccc21)ON1C(=O)CCC1=O. The number of unbranched alkanes of at least 4 members (excludes halogenated alkanes) is 2. The van der Waals surface area contributed by atoms with Gasteiger partial charge >= 0.3 is 5.97 Å². The van der Waals surface area contributed by atoms with E-state index in [4.69, 9.17) is 10.1 Å². The Morgan fingerprint density at radius 1 is 0.739 bits per heavy atom. The predicted molar refractivity (Wildman–Crippen MR) is 184 cm³/mol. The maximum atomic E-state index is 12.2. The predicted octanol–water partition coefficient (Wildman–Crippen LogP) is 8.15. The topological polar surface area (TPSA) is 106 Å². The van der Waals surface area contributed by atoms with Crippen LogP contribution in [-0.2, 0) is 35.1 Å². The number of hydrogen-bond acceptors (Lipinski definition) is 11. The fourth-order valence-corrected chi connectivity index (χ4v) is 8.44. The zero-order chi connectivity index (χ0) is 32.1. The van der Waals surface area contributed by atoms with Crippen LogP contribution in [-0.4, -0.2) is 45.4 Å². The van der Waals surface area contributed by atoms with Crippen molar-refractivity contribution < 1.29 is 33.9 Å². The highest BCUT2D eigenvalue weighted by Crippen LogP contribution is 2.50. The lowest BCUT2D eigenvalue weighted by Crippen LogP contribution is -2.31. The van der Waals surface area contributed by atoms with E-state index in [1.807, 2.05) is 29.6 Å². The third kappa shape index (κ3) is 8.96. The second-order valence-corrected chi connectivity index (χ2v) is 13.9. The number of thioether (sulfide) groups is 2. The van der Waals surface area contributed by atoms with E-state index in [9.17, 15) is 14.4 Å². The molecule has 0 unspecified atom stereocenters. The molecule has 0 aliphatic carbocycles. The van der Waals surface area contributed by atoms with Crippen molar-refractivity contribution >= 4 is 70.3 Å². The first-order chi connectivity index (χ1) is 22.6. The van der Waals surface area contributed by atoms with Crippen LogP contribution < -0.4 is 4.90 Å². The Labute approximate surface area is 281 Å². The summed E-state index contributed by atoms with van der Waals surface area (Å²) in [7, 11) is 0. The summed E-state index contributed by atoms with van der Waals surface area (Å²) in [6, 6.07) is 27.6. The average molecular weight is 681 g/mol. The smallest absolute Gasteiger partial charge is 0.333 e. The van der Waals surface area contributed by atoms with Crippen molar-refractivity contribution in [1.82, 2.24) is 5.06 Å². The molecular weight excluding hydrogens is 645 g/mol. The van der Waals surface area contributed by atoms with Crippen LogP contribution in [0.2, 0.25) is 0 Å². The molecule has 242 valence electrons. The lowest BCUT2D eigenvalue weighted by atomic mass is 9.91. The summed E-state index contributed by atoms with van der Waals surface area (Å²) in [6.45, 7) is 0.754. The third-order valence-corrected chi connectivity index (χ3v) is 10.7. The fraction of sp³-hybridized carbons (Fsp3) is 0.324. The molecule has 5 rings (SSSR count). The van der Waals surface area contributed by atoms with Crippen molar-refractivity contribution in [3.05, 3.63) is 99.8 Å². The van der Waals surface area contributed by atoms with E-state index in [0.29, 0.717) is 17.2 Å². The Morgan fingerprint density at radius 2 is 1.35 bits per heavy atom. The molecule has 0 spiro atoms. The Bertz CT molecular complexity index is 1470. The first kappa shape index (κ1) is 34.1. The summed E-state index contributed by atoms with van der Waals surface area (Å²) in [5.74, 6) is 0.899. The van der Waals surface area contributed by atoms with Gasteiger partial charge in [0, 0.05) is 75.9 Å². The number of fused-ring (bicyclic) bond motifs is 2. The maximum absolute atomic E-state index is 12.2. The number of rotatable bonds is 17. The molecule has 9 nitrogen and oxygen atoms in total. The van der Waals surface area contributed by atoms with Gasteiger partial charge in [0.15, 0.2) is 0 Å². The van der Waals surface area contributed by atoms with Crippen molar-refractivity contribution in [2.75, 3.05) is 22.2 Å². The van der Waals surface area contributed by atoms with Crippen LogP contribution in [0.15, 0.2) is 83.1 Å². The highest BCUT2D eigenvalue weighted by atomic mass is 32.2. The van der Waals surface area contributed by atoms with E-state index in [2.05, 4.69) is 87.1 Å². The van der Waals surface area contributed by atoms with Crippen molar-refractivity contribution in [2.24, 2.45) is 0 Å². The Hall–Kier alpha value is -3.26. The molecule has 1 N–H and O–H groups in total. The number of imide groups is 1. The minimum absolute atomic E-state index is 0.0862. The zero-order valence-corrected chi connectivity index (χ0v) is 27.7. The molecule has 0 bridgehead atoms. The van der Waals surface area contributed by atoms with Gasteiger partial charge in [0.05, 0.1) is 0 Å². The van der Waals surface area contributed by atoms with Gasteiger partial charge < -0.3 is 9.74 Å². The number of carbonyl (C=O) groups excluding carboxylic acids is 3. The Kier molecular flexibility index (Phi) is 13.0. The molecule has 0 aromatic heterocycles. The summed E-state index contributed by atoms with van der Waals surface area (Å²) >= 11 is 4.70. The highest BCUT2D eigenvalue weighted by Gasteiger charge is 2.33. The molecule has 3 aromatic carbocycles. The largest absolute Gasteiger partial charge is 0.336 e. The minimum Gasteiger partial charge on any atom is -0.336 e. The quantitative estimate of drug-likeness (QED) is 0.0491. The summed E-state index contributed by atoms with van der Waals surface area (Å²) in [6.07, 6.45) is 3.48. The Balaban J connectivity index is 1.30.